The highest BCUT2D eigenvalue weighted by Gasteiger charge is 2.48. The maximum Gasteiger partial charge on any atom is 0.331 e. The van der Waals surface area contributed by atoms with Crippen LogP contribution in [0, 0.1) is 5.92 Å². The van der Waals surface area contributed by atoms with E-state index in [-0.39, 0.29) is 0 Å². The summed E-state index contributed by atoms with van der Waals surface area (Å²) in [7, 11) is 0. The zero-order chi connectivity index (χ0) is 14.1. The summed E-state index contributed by atoms with van der Waals surface area (Å²) in [5, 5.41) is 2.08. The van der Waals surface area contributed by atoms with Gasteiger partial charge in [-0.05, 0) is 20.3 Å². The normalized spacial score (nSPS) is 20.9. The Hall–Kier alpha value is -1.92. The molecule has 0 aromatic carbocycles. The first-order valence-electron chi connectivity index (χ1n) is 5.72. The van der Waals surface area contributed by atoms with Gasteiger partial charge in [0, 0.05) is 0 Å². The van der Waals surface area contributed by atoms with Crippen LogP contribution in [0.15, 0.2) is 0 Å². The van der Waals surface area contributed by atoms with Gasteiger partial charge in [0.15, 0.2) is 0 Å². The minimum atomic E-state index is -1.46. The molecular weight excluding hydrogens is 238 g/mol. The van der Waals surface area contributed by atoms with Gasteiger partial charge in [0.2, 0.25) is 17.7 Å². The molecule has 0 aromatic rings. The Balaban J connectivity index is 3.12. The first kappa shape index (κ1) is 14.1. The summed E-state index contributed by atoms with van der Waals surface area (Å²) in [5.41, 5.74) is 3.72. The van der Waals surface area contributed by atoms with Gasteiger partial charge in [-0.2, -0.15) is 0 Å². The van der Waals surface area contributed by atoms with Crippen molar-refractivity contribution < 1.29 is 19.2 Å². The third-order valence-electron chi connectivity index (χ3n) is 3.01. The monoisotopic (exact) mass is 255 g/mol. The van der Waals surface area contributed by atoms with E-state index in [2.05, 4.69) is 5.32 Å². The highest BCUT2D eigenvalue weighted by Crippen LogP contribution is 2.23. The summed E-state index contributed by atoms with van der Waals surface area (Å²) in [4.78, 5) is 47.4. The number of carbonyl (C=O) groups excluding carboxylic acids is 4. The van der Waals surface area contributed by atoms with Crippen LogP contribution in [-0.2, 0) is 14.4 Å². The molecule has 5 amide bonds. The predicted molar refractivity (Wildman–Crippen MR) is 62.1 cm³/mol. The maximum absolute atomic E-state index is 12.1. The quantitative estimate of drug-likeness (QED) is 0.674. The summed E-state index contributed by atoms with van der Waals surface area (Å²) >= 11 is 0. The van der Waals surface area contributed by atoms with Gasteiger partial charge < -0.3 is 5.73 Å². The fraction of sp³-hybridized carbons (Fsp3) is 0.636. The van der Waals surface area contributed by atoms with Gasteiger partial charge in [-0.3, -0.25) is 19.7 Å². The number of rotatable bonds is 4. The molecule has 100 valence electrons. The highest BCUT2D eigenvalue weighted by molar-refractivity contribution is 6.18. The average molecular weight is 255 g/mol. The first-order valence-corrected chi connectivity index (χ1v) is 5.72. The Labute approximate surface area is 105 Å². The molecule has 7 nitrogen and oxygen atoms in total. The van der Waals surface area contributed by atoms with E-state index in [0.717, 1.165) is 4.90 Å². The van der Waals surface area contributed by atoms with Crippen molar-refractivity contribution in [1.82, 2.24) is 10.2 Å². The lowest BCUT2D eigenvalue weighted by Gasteiger charge is -2.38. The van der Waals surface area contributed by atoms with Crippen LogP contribution in [-0.4, -0.2) is 34.2 Å². The molecule has 0 aromatic heterocycles. The molecule has 3 N–H and O–H groups in total. The molecule has 0 radical (unpaired) electrons. The molecule has 1 fully saturated rings. The van der Waals surface area contributed by atoms with Gasteiger partial charge in [0.05, 0.1) is 0 Å². The fourth-order valence-electron chi connectivity index (χ4n) is 1.80. The number of hydrogen-bond donors (Lipinski definition) is 2. The summed E-state index contributed by atoms with van der Waals surface area (Å²) in [6.45, 7) is 4.55. The van der Waals surface area contributed by atoms with E-state index in [9.17, 15) is 19.2 Å². The van der Waals surface area contributed by atoms with E-state index in [1.165, 1.54) is 13.8 Å². The number of hydrogen-bond acceptors (Lipinski definition) is 4. The molecule has 0 spiro atoms. The van der Waals surface area contributed by atoms with E-state index in [4.69, 9.17) is 5.73 Å². The van der Waals surface area contributed by atoms with Crippen LogP contribution in [0.2, 0.25) is 0 Å². The smallest absolute Gasteiger partial charge is 0.331 e. The zero-order valence-corrected chi connectivity index (χ0v) is 10.6. The Morgan fingerprint density at radius 3 is 2.39 bits per heavy atom. The van der Waals surface area contributed by atoms with Crippen LogP contribution in [0.5, 0.6) is 0 Å². The second-order valence-electron chi connectivity index (χ2n) is 4.73. The number of urea groups is 1. The second kappa shape index (κ2) is 4.75. The van der Waals surface area contributed by atoms with Crippen molar-refractivity contribution in [3.63, 3.8) is 0 Å². The summed E-state index contributed by atoms with van der Waals surface area (Å²) in [6.07, 6.45) is 0.937. The molecule has 7 heteroatoms. The third-order valence-corrected chi connectivity index (χ3v) is 3.01. The zero-order valence-electron chi connectivity index (χ0n) is 10.6. The van der Waals surface area contributed by atoms with Crippen molar-refractivity contribution in [2.24, 2.45) is 11.7 Å². The van der Waals surface area contributed by atoms with Crippen molar-refractivity contribution >= 4 is 23.8 Å². The Kier molecular flexibility index (Phi) is 3.73. The first-order chi connectivity index (χ1) is 8.23. The number of primary amides is 1. The number of imide groups is 2. The van der Waals surface area contributed by atoms with Gasteiger partial charge in [-0.15, -0.1) is 0 Å². The molecule has 0 bridgehead atoms. The summed E-state index contributed by atoms with van der Waals surface area (Å²) in [6, 6.07) is -0.902. The molecule has 1 atom stereocenters. The SMILES string of the molecule is CCCC1C(=O)NC(=O)N(C(C)(C)C(N)=O)C1=O. The van der Waals surface area contributed by atoms with Gasteiger partial charge in [0.1, 0.15) is 11.5 Å². The lowest BCUT2D eigenvalue weighted by Crippen LogP contribution is -2.67. The molecule has 1 rings (SSSR count). The van der Waals surface area contributed by atoms with Crippen molar-refractivity contribution in [3.05, 3.63) is 0 Å². The molecule has 1 saturated heterocycles. The van der Waals surface area contributed by atoms with Crippen molar-refractivity contribution in [1.29, 1.82) is 0 Å². The van der Waals surface area contributed by atoms with E-state index in [1.807, 2.05) is 6.92 Å². The van der Waals surface area contributed by atoms with Gasteiger partial charge >= 0.3 is 6.03 Å². The lowest BCUT2D eigenvalue weighted by atomic mass is 9.94. The Morgan fingerprint density at radius 2 is 1.94 bits per heavy atom. The predicted octanol–water partition coefficient (Wildman–Crippen LogP) is -0.255. The van der Waals surface area contributed by atoms with Crippen LogP contribution in [0.3, 0.4) is 0 Å². The van der Waals surface area contributed by atoms with Crippen LogP contribution >= 0.6 is 0 Å². The van der Waals surface area contributed by atoms with E-state index in [1.54, 1.807) is 0 Å². The van der Waals surface area contributed by atoms with Crippen molar-refractivity contribution in [2.45, 2.75) is 39.2 Å². The molecular formula is C11H17N3O4. The summed E-state index contributed by atoms with van der Waals surface area (Å²) < 4.78 is 0. The molecule has 1 aliphatic heterocycles. The van der Waals surface area contributed by atoms with Crippen molar-refractivity contribution in [2.75, 3.05) is 0 Å². The Morgan fingerprint density at radius 1 is 1.39 bits per heavy atom. The van der Waals surface area contributed by atoms with Gasteiger partial charge in [0.25, 0.3) is 0 Å². The maximum atomic E-state index is 12.1. The number of barbiturate groups is 1. The Bertz CT molecular complexity index is 417. The van der Waals surface area contributed by atoms with Crippen LogP contribution in [0.25, 0.3) is 0 Å². The number of nitrogens with two attached hydrogens (primary N) is 1. The molecule has 0 aliphatic carbocycles. The fourth-order valence-corrected chi connectivity index (χ4v) is 1.80. The van der Waals surface area contributed by atoms with Gasteiger partial charge in [-0.1, -0.05) is 13.3 Å². The van der Waals surface area contributed by atoms with Crippen LogP contribution < -0.4 is 11.1 Å². The minimum absolute atomic E-state index is 0.323. The standard InChI is InChI=1S/C11H17N3O4/c1-4-5-6-7(15)13-10(18)14(8(6)16)11(2,3)9(12)17/h6H,4-5H2,1-3H3,(H2,12,17)(H,13,15,18). The molecule has 1 heterocycles. The molecule has 18 heavy (non-hydrogen) atoms. The molecule has 1 aliphatic rings. The van der Waals surface area contributed by atoms with E-state index < -0.39 is 35.2 Å². The van der Waals surface area contributed by atoms with Gasteiger partial charge in [-0.25, -0.2) is 9.69 Å². The molecule has 1 unspecified atom stereocenters. The number of nitrogens with zero attached hydrogens (tertiary/aromatic N) is 1. The number of nitrogens with one attached hydrogen (secondary N) is 1. The number of amides is 5. The lowest BCUT2D eigenvalue weighted by molar-refractivity contribution is -0.150. The van der Waals surface area contributed by atoms with E-state index in [0.29, 0.717) is 12.8 Å². The average Bonchev–Trinajstić information content (AvgIpc) is 2.23. The molecule has 0 saturated carbocycles. The van der Waals surface area contributed by atoms with Crippen LogP contribution in [0.4, 0.5) is 4.79 Å². The topological polar surface area (TPSA) is 110 Å². The minimum Gasteiger partial charge on any atom is -0.368 e. The van der Waals surface area contributed by atoms with E-state index >= 15 is 0 Å². The largest absolute Gasteiger partial charge is 0.368 e. The van der Waals surface area contributed by atoms with Crippen LogP contribution in [0.1, 0.15) is 33.6 Å². The highest BCUT2D eigenvalue weighted by atomic mass is 16.2. The number of carbonyl (C=O) groups is 4. The third kappa shape index (κ3) is 2.20. The van der Waals surface area contributed by atoms with Crippen molar-refractivity contribution in [3.8, 4) is 0 Å². The second-order valence-corrected chi connectivity index (χ2v) is 4.73. The summed E-state index contributed by atoms with van der Waals surface area (Å²) in [5.74, 6) is -3.04.